The molecular weight excluding hydrogens is 312 g/mol. The summed E-state index contributed by atoms with van der Waals surface area (Å²) in [5.41, 5.74) is 5.05. The van der Waals surface area contributed by atoms with Gasteiger partial charge in [0.2, 0.25) is 0 Å². The molecule has 122 valence electrons. The molecule has 0 N–H and O–H groups in total. The van der Waals surface area contributed by atoms with Crippen LogP contribution >= 0.6 is 0 Å². The quantitative estimate of drug-likeness (QED) is 0.297. The van der Waals surface area contributed by atoms with Crippen molar-refractivity contribution in [3.05, 3.63) is 109 Å². The lowest BCUT2D eigenvalue weighted by Gasteiger charge is -2.12. The van der Waals surface area contributed by atoms with Gasteiger partial charge in [-0.3, -0.25) is 0 Å². The van der Waals surface area contributed by atoms with E-state index in [9.17, 15) is 0 Å². The van der Waals surface area contributed by atoms with Gasteiger partial charge >= 0.3 is 0 Å². The second kappa shape index (κ2) is 6.16. The van der Waals surface area contributed by atoms with Crippen LogP contribution in [0.1, 0.15) is 0 Å². The van der Waals surface area contributed by atoms with Gasteiger partial charge in [0, 0.05) is 0 Å². The van der Waals surface area contributed by atoms with E-state index >= 15 is 0 Å². The number of benzene rings is 5. The van der Waals surface area contributed by atoms with Crippen molar-refractivity contribution in [3.63, 3.8) is 0 Å². The van der Waals surface area contributed by atoms with Crippen molar-refractivity contribution in [2.45, 2.75) is 0 Å². The van der Waals surface area contributed by atoms with Gasteiger partial charge in [0.1, 0.15) is 0 Å². The van der Waals surface area contributed by atoms with Crippen molar-refractivity contribution in [2.24, 2.45) is 0 Å². The predicted molar refractivity (Wildman–Crippen MR) is 112 cm³/mol. The van der Waals surface area contributed by atoms with E-state index < -0.39 is 0 Å². The van der Waals surface area contributed by atoms with Gasteiger partial charge in [0.05, 0.1) is 0 Å². The molecule has 0 atom stereocenters. The van der Waals surface area contributed by atoms with Gasteiger partial charge in [-0.15, -0.1) is 0 Å². The van der Waals surface area contributed by atoms with Crippen LogP contribution in [0.2, 0.25) is 0 Å². The van der Waals surface area contributed by atoms with E-state index in [0.717, 1.165) is 0 Å². The van der Waals surface area contributed by atoms with Crippen LogP contribution in [0.5, 0.6) is 0 Å². The summed E-state index contributed by atoms with van der Waals surface area (Å²) in [5, 5.41) is 5.21. The monoisotopic (exact) mass is 330 g/mol. The molecule has 0 aliphatic rings. The lowest BCUT2D eigenvalue weighted by atomic mass is 9.92. The van der Waals surface area contributed by atoms with E-state index in [-0.39, 0.29) is 0 Å². The van der Waals surface area contributed by atoms with Crippen LogP contribution in [0.4, 0.5) is 0 Å². The molecule has 0 saturated carbocycles. The molecule has 0 saturated heterocycles. The Morgan fingerprint density at radius 3 is 1.81 bits per heavy atom. The van der Waals surface area contributed by atoms with Crippen LogP contribution in [0, 0.1) is 0 Å². The fraction of sp³-hybridized carbons (Fsp3) is 0. The molecular formula is C26H18. The summed E-state index contributed by atoms with van der Waals surface area (Å²) in [4.78, 5) is 0. The summed E-state index contributed by atoms with van der Waals surface area (Å²) in [5.74, 6) is 0. The van der Waals surface area contributed by atoms with E-state index in [4.69, 9.17) is 0 Å². The summed E-state index contributed by atoms with van der Waals surface area (Å²) in [7, 11) is 0. The van der Waals surface area contributed by atoms with E-state index in [1.54, 1.807) is 0 Å². The standard InChI is InChI=1S/C26H18/c1-2-9-19(10-3-1)20-12-8-13-21(17-20)26-18-22-11-4-5-14-23(22)24-15-6-7-16-25(24)26/h1-18H. The third-order valence-corrected chi connectivity index (χ3v) is 5.05. The highest BCUT2D eigenvalue weighted by atomic mass is 14.1. The molecule has 0 heteroatoms. The minimum Gasteiger partial charge on any atom is -0.0622 e. The Labute approximate surface area is 153 Å². The van der Waals surface area contributed by atoms with Crippen LogP contribution in [0.15, 0.2) is 109 Å². The first-order chi connectivity index (χ1) is 12.9. The van der Waals surface area contributed by atoms with Gasteiger partial charge < -0.3 is 0 Å². The highest BCUT2D eigenvalue weighted by molar-refractivity contribution is 6.13. The van der Waals surface area contributed by atoms with E-state index in [1.807, 2.05) is 0 Å². The lowest BCUT2D eigenvalue weighted by molar-refractivity contribution is 1.61. The molecule has 0 heterocycles. The Kier molecular flexibility index (Phi) is 3.54. The van der Waals surface area contributed by atoms with Crippen molar-refractivity contribution in [1.29, 1.82) is 0 Å². The third kappa shape index (κ3) is 2.48. The normalized spacial score (nSPS) is 11.1. The Bertz CT molecular complexity index is 1220. The van der Waals surface area contributed by atoms with Gasteiger partial charge in [-0.05, 0) is 55.9 Å². The SMILES string of the molecule is c1ccc(-c2cccc(-c3cc4ccccc4c4ccccc34)c2)cc1. The fourth-order valence-corrected chi connectivity index (χ4v) is 3.79. The number of hydrogen-bond donors (Lipinski definition) is 0. The molecule has 26 heavy (non-hydrogen) atoms. The van der Waals surface area contributed by atoms with E-state index in [2.05, 4.69) is 109 Å². The zero-order valence-electron chi connectivity index (χ0n) is 14.4. The molecule has 5 rings (SSSR count). The molecule has 0 bridgehead atoms. The smallest absolute Gasteiger partial charge is 0.00988 e. The maximum Gasteiger partial charge on any atom is -0.00988 e. The molecule has 0 aliphatic heterocycles. The van der Waals surface area contributed by atoms with Crippen LogP contribution in [-0.2, 0) is 0 Å². The summed E-state index contributed by atoms with van der Waals surface area (Å²) in [6, 6.07) is 39.1. The average Bonchev–Trinajstić information content (AvgIpc) is 2.74. The van der Waals surface area contributed by atoms with Crippen molar-refractivity contribution in [2.75, 3.05) is 0 Å². The summed E-state index contributed by atoms with van der Waals surface area (Å²) >= 11 is 0. The van der Waals surface area contributed by atoms with Gasteiger partial charge in [-0.1, -0.05) is 97.1 Å². The zero-order valence-corrected chi connectivity index (χ0v) is 14.4. The Balaban J connectivity index is 1.79. The fourth-order valence-electron chi connectivity index (χ4n) is 3.79. The minimum absolute atomic E-state index is 1.25. The molecule has 0 fully saturated rings. The van der Waals surface area contributed by atoms with Crippen molar-refractivity contribution < 1.29 is 0 Å². The highest BCUT2D eigenvalue weighted by Gasteiger charge is 2.09. The van der Waals surface area contributed by atoms with Crippen LogP contribution < -0.4 is 0 Å². The molecule has 0 unspecified atom stereocenters. The van der Waals surface area contributed by atoms with Gasteiger partial charge in [0.25, 0.3) is 0 Å². The lowest BCUT2D eigenvalue weighted by Crippen LogP contribution is -1.85. The molecule has 0 aromatic heterocycles. The zero-order chi connectivity index (χ0) is 17.3. The largest absolute Gasteiger partial charge is 0.0622 e. The maximum atomic E-state index is 2.32. The van der Waals surface area contributed by atoms with E-state index in [0.29, 0.717) is 0 Å². The Hall–Kier alpha value is -3.38. The number of hydrogen-bond acceptors (Lipinski definition) is 0. The topological polar surface area (TPSA) is 0 Å². The average molecular weight is 330 g/mol. The molecule has 0 nitrogen and oxygen atoms in total. The molecule has 0 aliphatic carbocycles. The second-order valence-electron chi connectivity index (χ2n) is 6.64. The maximum absolute atomic E-state index is 2.32. The summed E-state index contributed by atoms with van der Waals surface area (Å²) in [6.45, 7) is 0. The molecule has 0 amide bonds. The number of rotatable bonds is 2. The molecule has 0 radical (unpaired) electrons. The predicted octanol–water partition coefficient (Wildman–Crippen LogP) is 7.33. The van der Waals surface area contributed by atoms with Crippen molar-refractivity contribution >= 4 is 21.5 Å². The summed E-state index contributed by atoms with van der Waals surface area (Å²) in [6.07, 6.45) is 0. The number of fused-ring (bicyclic) bond motifs is 3. The van der Waals surface area contributed by atoms with Crippen molar-refractivity contribution in [3.8, 4) is 22.3 Å². The van der Waals surface area contributed by atoms with Crippen LogP contribution in [-0.4, -0.2) is 0 Å². The van der Waals surface area contributed by atoms with E-state index in [1.165, 1.54) is 43.8 Å². The molecule has 5 aromatic rings. The Morgan fingerprint density at radius 2 is 0.962 bits per heavy atom. The molecule has 5 aromatic carbocycles. The van der Waals surface area contributed by atoms with Crippen molar-refractivity contribution in [1.82, 2.24) is 0 Å². The van der Waals surface area contributed by atoms with Crippen LogP contribution in [0.25, 0.3) is 43.8 Å². The third-order valence-electron chi connectivity index (χ3n) is 5.05. The first kappa shape index (κ1) is 14.9. The highest BCUT2D eigenvalue weighted by Crippen LogP contribution is 2.36. The van der Waals surface area contributed by atoms with Crippen LogP contribution in [0.3, 0.4) is 0 Å². The minimum atomic E-state index is 1.25. The van der Waals surface area contributed by atoms with Gasteiger partial charge in [0.15, 0.2) is 0 Å². The molecule has 0 spiro atoms. The van der Waals surface area contributed by atoms with Gasteiger partial charge in [-0.25, -0.2) is 0 Å². The first-order valence-corrected chi connectivity index (χ1v) is 8.96. The van der Waals surface area contributed by atoms with Gasteiger partial charge in [-0.2, -0.15) is 0 Å². The summed E-state index contributed by atoms with van der Waals surface area (Å²) < 4.78 is 0. The second-order valence-corrected chi connectivity index (χ2v) is 6.64. The first-order valence-electron chi connectivity index (χ1n) is 8.96. The Morgan fingerprint density at radius 1 is 0.346 bits per heavy atom.